The SMILES string of the molecule is CCCCC(CC)COC(=O)/C=C/c1ccc(O)c(OC)c1. The standard InChI is InChI=1S/C18H26O4/c1-4-6-7-14(5-2)13-22-18(20)11-9-15-8-10-16(19)17(12-15)21-3/h8-12,14,19H,4-7,13H2,1-3H3/b11-9+. The highest BCUT2D eigenvalue weighted by molar-refractivity contribution is 5.87. The van der Waals surface area contributed by atoms with Crippen molar-refractivity contribution < 1.29 is 19.4 Å². The topological polar surface area (TPSA) is 55.8 Å². The third-order valence-corrected chi connectivity index (χ3v) is 3.62. The van der Waals surface area contributed by atoms with E-state index in [1.807, 2.05) is 0 Å². The molecule has 0 aliphatic carbocycles. The van der Waals surface area contributed by atoms with E-state index < -0.39 is 0 Å². The summed E-state index contributed by atoms with van der Waals surface area (Å²) in [4.78, 5) is 11.7. The maximum atomic E-state index is 11.7. The molecule has 0 heterocycles. The van der Waals surface area contributed by atoms with Crippen LogP contribution in [0.1, 0.15) is 45.1 Å². The third kappa shape index (κ3) is 6.20. The molecule has 0 saturated heterocycles. The fourth-order valence-electron chi connectivity index (χ4n) is 2.11. The first-order valence-electron chi connectivity index (χ1n) is 7.82. The van der Waals surface area contributed by atoms with Gasteiger partial charge in [-0.1, -0.05) is 39.2 Å². The van der Waals surface area contributed by atoms with E-state index in [-0.39, 0.29) is 11.7 Å². The number of carbonyl (C=O) groups is 1. The maximum absolute atomic E-state index is 11.7. The number of carbonyl (C=O) groups excluding carboxylic acids is 1. The van der Waals surface area contributed by atoms with Crippen molar-refractivity contribution in [2.45, 2.75) is 39.5 Å². The number of rotatable bonds is 9. The van der Waals surface area contributed by atoms with Gasteiger partial charge in [-0.25, -0.2) is 4.79 Å². The molecular weight excluding hydrogens is 280 g/mol. The van der Waals surface area contributed by atoms with E-state index in [2.05, 4.69) is 13.8 Å². The molecule has 0 aliphatic heterocycles. The van der Waals surface area contributed by atoms with Crippen molar-refractivity contribution in [1.29, 1.82) is 0 Å². The van der Waals surface area contributed by atoms with Gasteiger partial charge in [-0.05, 0) is 36.1 Å². The van der Waals surface area contributed by atoms with Crippen LogP contribution in [0.5, 0.6) is 11.5 Å². The van der Waals surface area contributed by atoms with Crippen LogP contribution in [0, 0.1) is 5.92 Å². The molecule has 1 atom stereocenters. The van der Waals surface area contributed by atoms with Crippen LogP contribution >= 0.6 is 0 Å². The summed E-state index contributed by atoms with van der Waals surface area (Å²) in [5.41, 5.74) is 0.768. The number of ether oxygens (including phenoxy) is 2. The van der Waals surface area contributed by atoms with E-state index in [0.717, 1.165) is 24.8 Å². The molecule has 1 N–H and O–H groups in total. The third-order valence-electron chi connectivity index (χ3n) is 3.62. The maximum Gasteiger partial charge on any atom is 0.330 e. The zero-order chi connectivity index (χ0) is 16.4. The van der Waals surface area contributed by atoms with E-state index in [0.29, 0.717) is 18.3 Å². The summed E-state index contributed by atoms with van der Waals surface area (Å²) in [5, 5.41) is 9.51. The van der Waals surface area contributed by atoms with Gasteiger partial charge in [-0.2, -0.15) is 0 Å². The monoisotopic (exact) mass is 306 g/mol. The lowest BCUT2D eigenvalue weighted by atomic mass is 10.0. The van der Waals surface area contributed by atoms with Crippen molar-refractivity contribution in [2.75, 3.05) is 13.7 Å². The minimum atomic E-state index is -0.345. The highest BCUT2D eigenvalue weighted by atomic mass is 16.5. The summed E-state index contributed by atoms with van der Waals surface area (Å²) in [6.07, 6.45) is 7.49. The predicted molar refractivity (Wildman–Crippen MR) is 88.0 cm³/mol. The lowest BCUT2D eigenvalue weighted by molar-refractivity contribution is -0.139. The molecule has 1 aromatic rings. The van der Waals surface area contributed by atoms with E-state index in [1.54, 1.807) is 18.2 Å². The van der Waals surface area contributed by atoms with E-state index in [9.17, 15) is 9.90 Å². The smallest absolute Gasteiger partial charge is 0.330 e. The van der Waals surface area contributed by atoms with Gasteiger partial charge in [0, 0.05) is 6.08 Å². The zero-order valence-electron chi connectivity index (χ0n) is 13.7. The van der Waals surface area contributed by atoms with Crippen LogP contribution in [0.3, 0.4) is 0 Å². The summed E-state index contributed by atoms with van der Waals surface area (Å²) in [6.45, 7) is 4.75. The first-order valence-corrected chi connectivity index (χ1v) is 7.82. The molecule has 0 fully saturated rings. The molecule has 1 unspecified atom stereocenters. The average molecular weight is 306 g/mol. The normalized spacial score (nSPS) is 12.3. The number of unbranched alkanes of at least 4 members (excludes halogenated alkanes) is 1. The van der Waals surface area contributed by atoms with Gasteiger partial charge in [0.25, 0.3) is 0 Å². The Morgan fingerprint density at radius 1 is 1.36 bits per heavy atom. The number of hydrogen-bond donors (Lipinski definition) is 1. The summed E-state index contributed by atoms with van der Waals surface area (Å²) in [6, 6.07) is 4.90. The summed E-state index contributed by atoms with van der Waals surface area (Å²) >= 11 is 0. The van der Waals surface area contributed by atoms with Crippen LogP contribution in [0.15, 0.2) is 24.3 Å². The molecule has 1 aromatic carbocycles. The van der Waals surface area contributed by atoms with Crippen molar-refractivity contribution in [3.8, 4) is 11.5 Å². The minimum absolute atomic E-state index is 0.0731. The Morgan fingerprint density at radius 2 is 2.14 bits per heavy atom. The van der Waals surface area contributed by atoms with E-state index in [4.69, 9.17) is 9.47 Å². The minimum Gasteiger partial charge on any atom is -0.504 e. The van der Waals surface area contributed by atoms with Gasteiger partial charge < -0.3 is 14.6 Å². The van der Waals surface area contributed by atoms with Gasteiger partial charge >= 0.3 is 5.97 Å². The lowest BCUT2D eigenvalue weighted by Crippen LogP contribution is -2.12. The molecular formula is C18H26O4. The Balaban J connectivity index is 2.50. The highest BCUT2D eigenvalue weighted by Gasteiger charge is 2.08. The second-order valence-corrected chi connectivity index (χ2v) is 5.31. The molecule has 0 aliphatic rings. The first kappa shape index (κ1) is 18.1. The van der Waals surface area contributed by atoms with Gasteiger partial charge in [0.2, 0.25) is 0 Å². The number of aromatic hydroxyl groups is 1. The fourth-order valence-corrected chi connectivity index (χ4v) is 2.11. The zero-order valence-corrected chi connectivity index (χ0v) is 13.7. The molecule has 1 rings (SSSR count). The Morgan fingerprint density at radius 3 is 2.77 bits per heavy atom. The lowest BCUT2D eigenvalue weighted by Gasteiger charge is -2.13. The Labute approximate surface area is 132 Å². The number of hydrogen-bond acceptors (Lipinski definition) is 4. The number of phenolic OH excluding ortho intramolecular Hbond substituents is 1. The van der Waals surface area contributed by atoms with Crippen LogP contribution in [-0.2, 0) is 9.53 Å². The van der Waals surface area contributed by atoms with Gasteiger partial charge in [-0.15, -0.1) is 0 Å². The molecule has 0 radical (unpaired) electrons. The number of phenols is 1. The average Bonchev–Trinajstić information content (AvgIpc) is 2.54. The second kappa shape index (κ2) is 9.87. The molecule has 0 aromatic heterocycles. The number of esters is 1. The van der Waals surface area contributed by atoms with Gasteiger partial charge in [0.15, 0.2) is 11.5 Å². The summed E-state index contributed by atoms with van der Waals surface area (Å²) in [5.74, 6) is 0.540. The molecule has 0 bridgehead atoms. The molecule has 4 nitrogen and oxygen atoms in total. The van der Waals surface area contributed by atoms with Crippen molar-refractivity contribution in [3.63, 3.8) is 0 Å². The number of methoxy groups -OCH3 is 1. The quantitative estimate of drug-likeness (QED) is 0.549. The highest BCUT2D eigenvalue weighted by Crippen LogP contribution is 2.26. The van der Waals surface area contributed by atoms with Gasteiger partial charge in [-0.3, -0.25) is 0 Å². The largest absolute Gasteiger partial charge is 0.504 e. The molecule has 0 saturated carbocycles. The van der Waals surface area contributed by atoms with Crippen molar-refractivity contribution in [1.82, 2.24) is 0 Å². The Bertz CT molecular complexity index is 494. The molecule has 4 heteroatoms. The molecule has 0 spiro atoms. The number of benzene rings is 1. The van der Waals surface area contributed by atoms with Crippen molar-refractivity contribution in [3.05, 3.63) is 29.8 Å². The van der Waals surface area contributed by atoms with Crippen LogP contribution < -0.4 is 4.74 Å². The van der Waals surface area contributed by atoms with Crippen molar-refractivity contribution >= 4 is 12.0 Å². The Hall–Kier alpha value is -1.97. The first-order chi connectivity index (χ1) is 10.6. The van der Waals surface area contributed by atoms with Crippen molar-refractivity contribution in [2.24, 2.45) is 5.92 Å². The molecule has 0 amide bonds. The summed E-state index contributed by atoms with van der Waals surface area (Å²) < 4.78 is 10.3. The van der Waals surface area contributed by atoms with Crippen LogP contribution in [0.4, 0.5) is 0 Å². The predicted octanol–water partition coefficient (Wildman–Crippen LogP) is 4.17. The van der Waals surface area contributed by atoms with Crippen LogP contribution in [0.25, 0.3) is 6.08 Å². The molecule has 22 heavy (non-hydrogen) atoms. The Kier molecular flexibility index (Phi) is 8.11. The van der Waals surface area contributed by atoms with Gasteiger partial charge in [0.05, 0.1) is 13.7 Å². The van der Waals surface area contributed by atoms with Crippen LogP contribution in [0.2, 0.25) is 0 Å². The summed E-state index contributed by atoms with van der Waals surface area (Å²) in [7, 11) is 1.48. The molecule has 122 valence electrons. The van der Waals surface area contributed by atoms with Gasteiger partial charge in [0.1, 0.15) is 0 Å². The fraction of sp³-hybridized carbons (Fsp3) is 0.500. The van der Waals surface area contributed by atoms with E-state index >= 15 is 0 Å². The van der Waals surface area contributed by atoms with E-state index in [1.165, 1.54) is 25.7 Å². The van der Waals surface area contributed by atoms with Crippen LogP contribution in [-0.4, -0.2) is 24.8 Å². The second-order valence-electron chi connectivity index (χ2n) is 5.31.